The molecule has 1 aliphatic rings. The van der Waals surface area contributed by atoms with Gasteiger partial charge in [0.2, 0.25) is 0 Å². The predicted octanol–water partition coefficient (Wildman–Crippen LogP) is 3.05. The van der Waals surface area contributed by atoms with E-state index in [9.17, 15) is 8.78 Å². The second kappa shape index (κ2) is 3.44. The Morgan fingerprint density at radius 3 is 2.25 bits per heavy atom. The third-order valence-electron chi connectivity index (χ3n) is 3.00. The van der Waals surface area contributed by atoms with Gasteiger partial charge in [0, 0.05) is 6.04 Å². The Kier molecular flexibility index (Phi) is 2.34. The predicted molar refractivity (Wildman–Crippen MR) is 56.9 cm³/mol. The van der Waals surface area contributed by atoms with Gasteiger partial charge in [0.1, 0.15) is 5.69 Å². The quantitative estimate of drug-likeness (QED) is 0.834. The number of hydrogen-bond donors (Lipinski definition) is 1. The standard InChI is InChI=1S/C12H12F2N2/c1-12(2)5-10(12)16-11-8(13)3-7(6-15)4-9(11)14/h3-4,10,16H,5H2,1-2H3. The smallest absolute Gasteiger partial charge is 0.150 e. The highest BCUT2D eigenvalue weighted by atomic mass is 19.1. The van der Waals surface area contributed by atoms with E-state index in [0.29, 0.717) is 0 Å². The first kappa shape index (κ1) is 10.9. The fourth-order valence-electron chi connectivity index (χ4n) is 1.66. The van der Waals surface area contributed by atoms with Gasteiger partial charge in [0.15, 0.2) is 11.6 Å². The molecule has 16 heavy (non-hydrogen) atoms. The zero-order chi connectivity index (χ0) is 11.9. The lowest BCUT2D eigenvalue weighted by atomic mass is 10.1. The van der Waals surface area contributed by atoms with E-state index < -0.39 is 11.6 Å². The number of anilines is 1. The number of nitrogens with one attached hydrogen (secondary N) is 1. The van der Waals surface area contributed by atoms with Crippen molar-refractivity contribution in [2.75, 3.05) is 5.32 Å². The van der Waals surface area contributed by atoms with E-state index in [4.69, 9.17) is 5.26 Å². The molecule has 1 saturated carbocycles. The van der Waals surface area contributed by atoms with E-state index in [2.05, 4.69) is 5.32 Å². The zero-order valence-corrected chi connectivity index (χ0v) is 9.14. The van der Waals surface area contributed by atoms with Gasteiger partial charge in [0.05, 0.1) is 11.6 Å². The molecule has 0 saturated heterocycles. The highest BCUT2D eigenvalue weighted by molar-refractivity contribution is 5.52. The Bertz CT molecular complexity index is 451. The number of benzene rings is 1. The monoisotopic (exact) mass is 222 g/mol. The summed E-state index contributed by atoms with van der Waals surface area (Å²) in [5, 5.41) is 11.4. The summed E-state index contributed by atoms with van der Waals surface area (Å²) in [6, 6.07) is 3.90. The second-order valence-electron chi connectivity index (χ2n) is 4.82. The van der Waals surface area contributed by atoms with Crippen LogP contribution in [-0.2, 0) is 0 Å². The van der Waals surface area contributed by atoms with Crippen molar-refractivity contribution in [3.05, 3.63) is 29.3 Å². The molecule has 0 spiro atoms. The first-order valence-electron chi connectivity index (χ1n) is 5.10. The van der Waals surface area contributed by atoms with E-state index in [1.807, 2.05) is 13.8 Å². The van der Waals surface area contributed by atoms with Gasteiger partial charge in [-0.3, -0.25) is 0 Å². The van der Waals surface area contributed by atoms with E-state index >= 15 is 0 Å². The molecule has 84 valence electrons. The molecule has 0 aromatic heterocycles. The topological polar surface area (TPSA) is 35.8 Å². The molecule has 2 nitrogen and oxygen atoms in total. The molecular weight excluding hydrogens is 210 g/mol. The molecule has 0 bridgehead atoms. The Balaban J connectivity index is 2.26. The van der Waals surface area contributed by atoms with Crippen LogP contribution in [0.3, 0.4) is 0 Å². The van der Waals surface area contributed by atoms with E-state index in [0.717, 1.165) is 18.6 Å². The second-order valence-corrected chi connectivity index (χ2v) is 4.82. The zero-order valence-electron chi connectivity index (χ0n) is 9.14. The molecule has 1 N–H and O–H groups in total. The molecular formula is C12H12F2N2. The summed E-state index contributed by atoms with van der Waals surface area (Å²) < 4.78 is 27.0. The normalized spacial score (nSPS) is 21.3. The average molecular weight is 222 g/mol. The highest BCUT2D eigenvalue weighted by Gasteiger charge is 2.46. The minimum atomic E-state index is -0.709. The van der Waals surface area contributed by atoms with Crippen LogP contribution in [-0.4, -0.2) is 6.04 Å². The molecule has 4 heteroatoms. The molecule has 1 aromatic carbocycles. The number of nitriles is 1. The average Bonchev–Trinajstić information content (AvgIpc) is 2.79. The summed E-state index contributed by atoms with van der Waals surface area (Å²) in [5.74, 6) is -1.42. The molecule has 1 atom stereocenters. The van der Waals surface area contributed by atoms with Crippen molar-refractivity contribution in [1.82, 2.24) is 0 Å². The molecule has 2 rings (SSSR count). The van der Waals surface area contributed by atoms with Crippen LogP contribution in [0.5, 0.6) is 0 Å². The minimum absolute atomic E-state index is 0.00407. The van der Waals surface area contributed by atoms with Crippen LogP contribution >= 0.6 is 0 Å². The number of hydrogen-bond acceptors (Lipinski definition) is 2. The van der Waals surface area contributed by atoms with Crippen molar-refractivity contribution in [3.63, 3.8) is 0 Å². The maximum absolute atomic E-state index is 13.5. The highest BCUT2D eigenvalue weighted by Crippen LogP contribution is 2.47. The Hall–Kier alpha value is -1.63. The van der Waals surface area contributed by atoms with Crippen molar-refractivity contribution in [1.29, 1.82) is 5.26 Å². The Morgan fingerprint density at radius 2 is 1.88 bits per heavy atom. The van der Waals surface area contributed by atoms with Crippen molar-refractivity contribution < 1.29 is 8.78 Å². The largest absolute Gasteiger partial charge is 0.377 e. The number of rotatable bonds is 2. The van der Waals surface area contributed by atoms with Crippen LogP contribution < -0.4 is 5.32 Å². The SMILES string of the molecule is CC1(C)CC1Nc1c(F)cc(C#N)cc1F. The maximum atomic E-state index is 13.5. The molecule has 0 heterocycles. The lowest BCUT2D eigenvalue weighted by Crippen LogP contribution is -2.11. The van der Waals surface area contributed by atoms with Gasteiger partial charge in [-0.15, -0.1) is 0 Å². The van der Waals surface area contributed by atoms with Crippen LogP contribution in [0.15, 0.2) is 12.1 Å². The van der Waals surface area contributed by atoms with Gasteiger partial charge in [-0.2, -0.15) is 5.26 Å². The van der Waals surface area contributed by atoms with Gasteiger partial charge >= 0.3 is 0 Å². The molecule has 0 aliphatic heterocycles. The molecule has 1 fully saturated rings. The molecule has 1 unspecified atom stereocenters. The third-order valence-corrected chi connectivity index (χ3v) is 3.00. The molecule has 1 aromatic rings. The molecule has 0 radical (unpaired) electrons. The third kappa shape index (κ3) is 1.85. The van der Waals surface area contributed by atoms with E-state index in [1.165, 1.54) is 0 Å². The molecule has 0 amide bonds. The number of nitrogens with zero attached hydrogens (tertiary/aromatic N) is 1. The van der Waals surface area contributed by atoms with Crippen LogP contribution in [0, 0.1) is 28.4 Å². The van der Waals surface area contributed by atoms with Crippen molar-refractivity contribution >= 4 is 5.69 Å². The summed E-state index contributed by atoms with van der Waals surface area (Å²) in [6.45, 7) is 4.06. The minimum Gasteiger partial charge on any atom is -0.377 e. The van der Waals surface area contributed by atoms with Crippen molar-refractivity contribution in [3.8, 4) is 6.07 Å². The first-order valence-corrected chi connectivity index (χ1v) is 5.10. The van der Waals surface area contributed by atoms with E-state index in [1.54, 1.807) is 6.07 Å². The fraction of sp³-hybridized carbons (Fsp3) is 0.417. The lowest BCUT2D eigenvalue weighted by Gasteiger charge is -2.10. The summed E-state index contributed by atoms with van der Waals surface area (Å²) in [4.78, 5) is 0. The van der Waals surface area contributed by atoms with Gasteiger partial charge < -0.3 is 5.32 Å². The first-order chi connectivity index (χ1) is 7.44. The number of halogens is 2. The Morgan fingerprint density at radius 1 is 1.38 bits per heavy atom. The van der Waals surface area contributed by atoms with Crippen LogP contribution in [0.25, 0.3) is 0 Å². The van der Waals surface area contributed by atoms with Crippen molar-refractivity contribution in [2.24, 2.45) is 5.41 Å². The van der Waals surface area contributed by atoms with Gasteiger partial charge in [-0.1, -0.05) is 13.8 Å². The van der Waals surface area contributed by atoms with Crippen LogP contribution in [0.2, 0.25) is 0 Å². The summed E-state index contributed by atoms with van der Waals surface area (Å²) in [6.07, 6.45) is 0.895. The Labute approximate surface area is 92.9 Å². The van der Waals surface area contributed by atoms with Crippen LogP contribution in [0.4, 0.5) is 14.5 Å². The lowest BCUT2D eigenvalue weighted by molar-refractivity contribution is 0.579. The van der Waals surface area contributed by atoms with Gasteiger partial charge in [-0.05, 0) is 24.0 Å². The van der Waals surface area contributed by atoms with E-state index in [-0.39, 0.29) is 22.7 Å². The summed E-state index contributed by atoms with van der Waals surface area (Å²) >= 11 is 0. The van der Waals surface area contributed by atoms with Gasteiger partial charge in [0.25, 0.3) is 0 Å². The molecule has 1 aliphatic carbocycles. The van der Waals surface area contributed by atoms with Gasteiger partial charge in [-0.25, -0.2) is 8.78 Å². The van der Waals surface area contributed by atoms with Crippen LogP contribution in [0.1, 0.15) is 25.8 Å². The summed E-state index contributed by atoms with van der Waals surface area (Å²) in [7, 11) is 0. The summed E-state index contributed by atoms with van der Waals surface area (Å²) in [5.41, 5.74) is -0.0440. The van der Waals surface area contributed by atoms with Crippen molar-refractivity contribution in [2.45, 2.75) is 26.3 Å². The fourth-order valence-corrected chi connectivity index (χ4v) is 1.66. The maximum Gasteiger partial charge on any atom is 0.150 e.